The van der Waals surface area contributed by atoms with Gasteiger partial charge in [0.15, 0.2) is 0 Å². The Morgan fingerprint density at radius 1 is 1.04 bits per heavy atom. The van der Waals surface area contributed by atoms with Crippen LogP contribution < -0.4 is 9.64 Å². The van der Waals surface area contributed by atoms with Crippen molar-refractivity contribution in [1.29, 1.82) is 0 Å². The Hall–Kier alpha value is -2.28. The number of aliphatic hydroxyl groups is 1. The molecule has 146 valence electrons. The van der Waals surface area contributed by atoms with Crippen molar-refractivity contribution in [2.24, 2.45) is 0 Å². The summed E-state index contributed by atoms with van der Waals surface area (Å²) in [6, 6.07) is 13.6. The maximum absolute atomic E-state index is 13.1. The normalized spacial score (nSPS) is 14.4. The molecular formula is C21H20ClNO4S. The number of amides is 2. The fourth-order valence-corrected chi connectivity index (χ4v) is 3.83. The smallest absolute Gasteiger partial charge is 0.272 e. The minimum absolute atomic E-state index is 0.0378. The van der Waals surface area contributed by atoms with Gasteiger partial charge in [0.25, 0.3) is 11.8 Å². The van der Waals surface area contributed by atoms with E-state index in [1.807, 2.05) is 13.8 Å². The van der Waals surface area contributed by atoms with Gasteiger partial charge in [-0.15, -0.1) is 11.8 Å². The molecule has 2 amide bonds. The van der Waals surface area contributed by atoms with Gasteiger partial charge in [-0.2, -0.15) is 0 Å². The maximum atomic E-state index is 13.1. The zero-order valence-electron chi connectivity index (χ0n) is 15.5. The number of thioether (sulfide) groups is 1. The second kappa shape index (κ2) is 8.82. The van der Waals surface area contributed by atoms with Crippen LogP contribution in [-0.2, 0) is 9.59 Å². The Morgan fingerprint density at radius 2 is 1.68 bits per heavy atom. The average molecular weight is 418 g/mol. The summed E-state index contributed by atoms with van der Waals surface area (Å²) in [6.45, 7) is 3.78. The molecule has 2 aromatic carbocycles. The van der Waals surface area contributed by atoms with E-state index in [1.54, 1.807) is 48.5 Å². The third-order valence-corrected chi connectivity index (χ3v) is 5.28. The molecule has 7 heteroatoms. The highest BCUT2D eigenvalue weighted by atomic mass is 35.5. The Labute approximate surface area is 172 Å². The van der Waals surface area contributed by atoms with Crippen LogP contribution in [0, 0.1) is 0 Å². The van der Waals surface area contributed by atoms with Crippen LogP contribution in [0.1, 0.15) is 19.4 Å². The highest BCUT2D eigenvalue weighted by Gasteiger charge is 2.40. The van der Waals surface area contributed by atoms with Crippen LogP contribution in [0.2, 0.25) is 5.02 Å². The third kappa shape index (κ3) is 4.24. The Balaban J connectivity index is 1.99. The molecule has 0 aromatic heterocycles. The van der Waals surface area contributed by atoms with E-state index in [9.17, 15) is 14.7 Å². The molecule has 0 radical (unpaired) electrons. The molecule has 0 saturated carbocycles. The van der Waals surface area contributed by atoms with E-state index in [2.05, 4.69) is 0 Å². The van der Waals surface area contributed by atoms with Gasteiger partial charge in [-0.1, -0.05) is 23.7 Å². The van der Waals surface area contributed by atoms with E-state index >= 15 is 0 Å². The molecule has 0 bridgehead atoms. The molecule has 0 unspecified atom stereocenters. The van der Waals surface area contributed by atoms with Crippen LogP contribution >= 0.6 is 23.4 Å². The van der Waals surface area contributed by atoms with E-state index in [0.717, 1.165) is 4.90 Å². The number of hydrogen-bond acceptors (Lipinski definition) is 5. The summed E-state index contributed by atoms with van der Waals surface area (Å²) >= 11 is 7.10. The molecule has 0 spiro atoms. The highest BCUT2D eigenvalue weighted by molar-refractivity contribution is 8.04. The summed E-state index contributed by atoms with van der Waals surface area (Å²) in [5, 5.41) is 9.70. The van der Waals surface area contributed by atoms with Crippen LogP contribution in [0.3, 0.4) is 0 Å². The number of aliphatic hydroxyl groups excluding tert-OH is 1. The van der Waals surface area contributed by atoms with Crippen LogP contribution in [0.4, 0.5) is 5.69 Å². The molecule has 0 fully saturated rings. The molecule has 5 nitrogen and oxygen atoms in total. The Kier molecular flexibility index (Phi) is 6.44. The molecule has 3 rings (SSSR count). The van der Waals surface area contributed by atoms with E-state index in [4.69, 9.17) is 16.3 Å². The molecule has 2 aromatic rings. The van der Waals surface area contributed by atoms with Gasteiger partial charge in [0, 0.05) is 10.8 Å². The summed E-state index contributed by atoms with van der Waals surface area (Å²) in [4.78, 5) is 27.6. The van der Waals surface area contributed by atoms with E-state index < -0.39 is 11.8 Å². The topological polar surface area (TPSA) is 66.8 Å². The lowest BCUT2D eigenvalue weighted by atomic mass is 10.1. The van der Waals surface area contributed by atoms with Crippen molar-refractivity contribution in [3.8, 4) is 5.75 Å². The summed E-state index contributed by atoms with van der Waals surface area (Å²) < 4.78 is 5.64. The first-order valence-corrected chi connectivity index (χ1v) is 10.2. The lowest BCUT2D eigenvalue weighted by Gasteiger charge is -2.15. The number of rotatable bonds is 7. The number of halogens is 1. The lowest BCUT2D eigenvalue weighted by molar-refractivity contribution is -0.119. The maximum Gasteiger partial charge on any atom is 0.272 e. The Morgan fingerprint density at radius 3 is 2.25 bits per heavy atom. The van der Waals surface area contributed by atoms with Crippen molar-refractivity contribution >= 4 is 46.4 Å². The lowest BCUT2D eigenvalue weighted by Crippen LogP contribution is -2.31. The van der Waals surface area contributed by atoms with Gasteiger partial charge in [0.2, 0.25) is 0 Å². The fraction of sp³-hybridized carbons (Fsp3) is 0.238. The predicted octanol–water partition coefficient (Wildman–Crippen LogP) is 4.14. The number of carbonyl (C=O) groups is 2. The second-order valence-electron chi connectivity index (χ2n) is 6.39. The largest absolute Gasteiger partial charge is 0.491 e. The molecular weight excluding hydrogens is 398 g/mol. The zero-order chi connectivity index (χ0) is 20.3. The van der Waals surface area contributed by atoms with Gasteiger partial charge in [-0.25, -0.2) is 4.90 Å². The van der Waals surface area contributed by atoms with Crippen LogP contribution in [0.5, 0.6) is 5.75 Å². The summed E-state index contributed by atoms with van der Waals surface area (Å²) in [5.41, 5.74) is 1.41. The van der Waals surface area contributed by atoms with Crippen LogP contribution in [-0.4, -0.2) is 35.4 Å². The van der Waals surface area contributed by atoms with E-state index in [-0.39, 0.29) is 12.7 Å². The minimum Gasteiger partial charge on any atom is -0.491 e. The quantitative estimate of drug-likeness (QED) is 0.686. The monoisotopic (exact) mass is 417 g/mol. The number of ether oxygens (including phenoxy) is 1. The second-order valence-corrected chi connectivity index (χ2v) is 7.93. The van der Waals surface area contributed by atoms with Gasteiger partial charge >= 0.3 is 0 Å². The van der Waals surface area contributed by atoms with Crippen molar-refractivity contribution in [2.45, 2.75) is 20.0 Å². The van der Waals surface area contributed by atoms with E-state index in [1.165, 1.54) is 11.8 Å². The summed E-state index contributed by atoms with van der Waals surface area (Å²) in [5.74, 6) is 0.213. The molecule has 0 saturated heterocycles. The van der Waals surface area contributed by atoms with Crippen molar-refractivity contribution in [3.63, 3.8) is 0 Å². The first kappa shape index (κ1) is 20.5. The molecule has 1 aliphatic heterocycles. The number of nitrogens with zero attached hydrogens (tertiary/aromatic N) is 1. The van der Waals surface area contributed by atoms with Gasteiger partial charge in [0.1, 0.15) is 5.75 Å². The zero-order valence-corrected chi connectivity index (χ0v) is 17.1. The fourth-order valence-electron chi connectivity index (χ4n) is 2.84. The molecule has 0 atom stereocenters. The van der Waals surface area contributed by atoms with Crippen LogP contribution in [0.25, 0.3) is 5.57 Å². The molecule has 1 N–H and O–H groups in total. The molecule has 1 heterocycles. The van der Waals surface area contributed by atoms with Crippen molar-refractivity contribution in [1.82, 2.24) is 0 Å². The molecule has 28 heavy (non-hydrogen) atoms. The molecule has 0 aliphatic carbocycles. The number of anilines is 1. The SMILES string of the molecule is CC(C)Oc1ccc(C2=C(SCCO)C(=O)N(c3ccc(Cl)cc3)C2=O)cc1. The number of hydrogen-bond donors (Lipinski definition) is 1. The standard InChI is InChI=1S/C21H20ClNO4S/c1-13(2)27-17-9-3-14(4-10-17)18-19(28-12-11-24)21(26)23(20(18)25)16-7-5-15(22)6-8-16/h3-10,13,24H,11-12H2,1-2H3. The number of carbonyl (C=O) groups excluding carboxylic acids is 2. The van der Waals surface area contributed by atoms with Gasteiger partial charge in [-0.3, -0.25) is 9.59 Å². The minimum atomic E-state index is -0.400. The van der Waals surface area contributed by atoms with Crippen LogP contribution in [0.15, 0.2) is 53.4 Å². The predicted molar refractivity (Wildman–Crippen MR) is 113 cm³/mol. The van der Waals surface area contributed by atoms with Gasteiger partial charge in [-0.05, 0) is 55.8 Å². The van der Waals surface area contributed by atoms with Crippen molar-refractivity contribution < 1.29 is 19.4 Å². The third-order valence-electron chi connectivity index (χ3n) is 3.98. The summed E-state index contributed by atoms with van der Waals surface area (Å²) in [6.07, 6.45) is 0.0378. The van der Waals surface area contributed by atoms with E-state index in [0.29, 0.717) is 38.3 Å². The molecule has 1 aliphatic rings. The Bertz CT molecular complexity index is 907. The first-order valence-electron chi connectivity index (χ1n) is 8.81. The highest BCUT2D eigenvalue weighted by Crippen LogP contribution is 2.38. The van der Waals surface area contributed by atoms with Gasteiger partial charge < -0.3 is 9.84 Å². The van der Waals surface area contributed by atoms with Gasteiger partial charge in [0.05, 0.1) is 28.9 Å². The first-order chi connectivity index (χ1) is 13.4. The number of imide groups is 1. The van der Waals surface area contributed by atoms with Crippen molar-refractivity contribution in [2.75, 3.05) is 17.3 Å². The summed E-state index contributed by atoms with van der Waals surface area (Å²) in [7, 11) is 0. The van der Waals surface area contributed by atoms with Crippen molar-refractivity contribution in [3.05, 3.63) is 64.0 Å². The average Bonchev–Trinajstić information content (AvgIpc) is 2.91. The number of benzene rings is 2.